The van der Waals surface area contributed by atoms with Crippen molar-refractivity contribution in [3.8, 4) is 0 Å². The standard InChI is InChI=1S/C28H31F4N3O6S/c1-4-34-24(37)26(2,33-25(34)38)14-13-21(36)16-20-9-5-17-15-18(27(3,39)28(30,31)32)6-12-23(17)35(20)42(40,41)22-10-7-19(29)8-11-22/h6-8,10-12,15,20,39H,4-5,9,13-14,16H2,1-3H3,(H,33,38)/t20-,26?,27?/m0/s1. The molecular formula is C28H31F4N3O6S. The van der Waals surface area contributed by atoms with Gasteiger partial charge in [-0.2, -0.15) is 13.2 Å². The van der Waals surface area contributed by atoms with Gasteiger partial charge in [-0.15, -0.1) is 0 Å². The van der Waals surface area contributed by atoms with Crippen LogP contribution < -0.4 is 9.62 Å². The molecule has 2 aliphatic heterocycles. The number of ketones is 1. The zero-order valence-electron chi connectivity index (χ0n) is 23.2. The molecule has 42 heavy (non-hydrogen) atoms. The molecule has 1 fully saturated rings. The summed E-state index contributed by atoms with van der Waals surface area (Å²) in [5.74, 6) is -1.54. The zero-order chi connectivity index (χ0) is 31.3. The van der Waals surface area contributed by atoms with Crippen LogP contribution >= 0.6 is 0 Å². The summed E-state index contributed by atoms with van der Waals surface area (Å²) in [5.41, 5.74) is -4.70. The van der Waals surface area contributed by atoms with Crippen LogP contribution in [0.25, 0.3) is 0 Å². The number of aliphatic hydroxyl groups is 1. The van der Waals surface area contributed by atoms with E-state index in [-0.39, 0.29) is 54.8 Å². The molecule has 1 saturated heterocycles. The number of imide groups is 1. The third kappa shape index (κ3) is 5.61. The lowest BCUT2D eigenvalue weighted by atomic mass is 9.88. The molecule has 3 amide bonds. The number of halogens is 4. The molecule has 2 unspecified atom stereocenters. The highest BCUT2D eigenvalue weighted by molar-refractivity contribution is 7.92. The SMILES string of the molecule is CCN1C(=O)NC(C)(CCC(=O)C[C@@H]2CCc3cc(C(C)(O)C(F)(F)F)ccc3N2S(=O)(=O)c2ccc(F)cc2)C1=O. The Kier molecular flexibility index (Phi) is 8.19. The molecule has 3 atom stereocenters. The van der Waals surface area contributed by atoms with E-state index in [2.05, 4.69) is 5.32 Å². The number of urea groups is 1. The molecule has 0 spiro atoms. The summed E-state index contributed by atoms with van der Waals surface area (Å²) in [6.45, 7) is 3.90. The summed E-state index contributed by atoms with van der Waals surface area (Å²) in [6.07, 6.45) is -5.26. The first kappa shape index (κ1) is 31.4. The number of carbonyl (C=O) groups excluding carboxylic acids is 3. The Morgan fingerprint density at radius 1 is 1.14 bits per heavy atom. The number of alkyl halides is 3. The number of likely N-dealkylation sites (N-methyl/N-ethyl adjacent to an activating group) is 1. The molecular weight excluding hydrogens is 582 g/mol. The van der Waals surface area contributed by atoms with Crippen LogP contribution in [-0.2, 0) is 31.6 Å². The largest absolute Gasteiger partial charge is 0.421 e. The predicted octanol–water partition coefficient (Wildman–Crippen LogP) is 4.18. The normalized spacial score (nSPS) is 22.5. The van der Waals surface area contributed by atoms with Crippen molar-refractivity contribution >= 4 is 33.4 Å². The van der Waals surface area contributed by atoms with E-state index in [0.29, 0.717) is 6.92 Å². The van der Waals surface area contributed by atoms with Gasteiger partial charge in [0.15, 0.2) is 5.60 Å². The van der Waals surface area contributed by atoms with E-state index < -0.39 is 62.5 Å². The maximum atomic E-state index is 13.8. The molecule has 2 aromatic carbocycles. The maximum Gasteiger partial charge on any atom is 0.421 e. The highest BCUT2D eigenvalue weighted by atomic mass is 32.2. The number of hydrogen-bond donors (Lipinski definition) is 2. The van der Waals surface area contributed by atoms with Gasteiger partial charge in [-0.1, -0.05) is 12.1 Å². The van der Waals surface area contributed by atoms with Gasteiger partial charge in [0, 0.05) is 19.4 Å². The number of nitrogens with zero attached hydrogens (tertiary/aromatic N) is 2. The number of Topliss-reactive ketones (excluding diaryl/α,β-unsaturated/α-hetero) is 1. The van der Waals surface area contributed by atoms with Gasteiger partial charge in [0.25, 0.3) is 15.9 Å². The lowest BCUT2D eigenvalue weighted by Gasteiger charge is -2.38. The number of rotatable bonds is 9. The molecule has 9 nitrogen and oxygen atoms in total. The smallest absolute Gasteiger partial charge is 0.376 e. The van der Waals surface area contributed by atoms with E-state index in [9.17, 15) is 45.5 Å². The van der Waals surface area contributed by atoms with E-state index in [1.54, 1.807) is 6.92 Å². The van der Waals surface area contributed by atoms with E-state index in [1.165, 1.54) is 6.92 Å². The summed E-state index contributed by atoms with van der Waals surface area (Å²) in [6, 6.07) is 5.75. The molecule has 228 valence electrons. The van der Waals surface area contributed by atoms with Crippen molar-refractivity contribution < 1.29 is 45.5 Å². The lowest BCUT2D eigenvalue weighted by molar-refractivity contribution is -0.258. The monoisotopic (exact) mass is 613 g/mol. The Morgan fingerprint density at radius 3 is 2.36 bits per heavy atom. The van der Waals surface area contributed by atoms with Crippen molar-refractivity contribution in [3.63, 3.8) is 0 Å². The van der Waals surface area contributed by atoms with E-state index in [0.717, 1.165) is 51.7 Å². The number of benzene rings is 2. The van der Waals surface area contributed by atoms with Crippen LogP contribution in [0.3, 0.4) is 0 Å². The number of carbonyl (C=O) groups is 3. The van der Waals surface area contributed by atoms with Gasteiger partial charge < -0.3 is 10.4 Å². The minimum Gasteiger partial charge on any atom is -0.376 e. The van der Waals surface area contributed by atoms with Crippen LogP contribution in [0.4, 0.5) is 28.0 Å². The summed E-state index contributed by atoms with van der Waals surface area (Å²) in [5, 5.41) is 12.8. The van der Waals surface area contributed by atoms with Crippen LogP contribution in [0, 0.1) is 5.82 Å². The summed E-state index contributed by atoms with van der Waals surface area (Å²) in [4.78, 5) is 38.6. The number of fused-ring (bicyclic) bond motifs is 1. The number of hydrogen-bond acceptors (Lipinski definition) is 6. The molecule has 2 aliphatic rings. The van der Waals surface area contributed by atoms with Crippen molar-refractivity contribution in [3.05, 3.63) is 59.4 Å². The van der Waals surface area contributed by atoms with Crippen molar-refractivity contribution in [2.75, 3.05) is 10.8 Å². The third-order valence-electron chi connectivity index (χ3n) is 7.91. The first-order valence-corrected chi connectivity index (χ1v) is 14.7. The minimum absolute atomic E-state index is 0.0171. The highest BCUT2D eigenvalue weighted by Gasteiger charge is 2.52. The molecule has 4 rings (SSSR count). The molecule has 2 N–H and O–H groups in total. The quantitative estimate of drug-likeness (QED) is 0.323. The van der Waals surface area contributed by atoms with Crippen LogP contribution in [0.15, 0.2) is 47.4 Å². The molecule has 0 saturated carbocycles. The van der Waals surface area contributed by atoms with Crippen LogP contribution in [0.5, 0.6) is 0 Å². The van der Waals surface area contributed by atoms with E-state index >= 15 is 0 Å². The molecule has 0 radical (unpaired) electrons. The predicted molar refractivity (Wildman–Crippen MR) is 143 cm³/mol. The molecule has 0 aliphatic carbocycles. The number of aryl methyl sites for hydroxylation is 1. The highest BCUT2D eigenvalue weighted by Crippen LogP contribution is 2.43. The fraction of sp³-hybridized carbons (Fsp3) is 0.464. The summed E-state index contributed by atoms with van der Waals surface area (Å²) in [7, 11) is -4.42. The van der Waals surface area contributed by atoms with Crippen molar-refractivity contribution in [2.24, 2.45) is 0 Å². The van der Waals surface area contributed by atoms with Gasteiger partial charge in [-0.3, -0.25) is 18.8 Å². The van der Waals surface area contributed by atoms with Crippen molar-refractivity contribution in [2.45, 2.75) is 81.1 Å². The van der Waals surface area contributed by atoms with Gasteiger partial charge in [-0.25, -0.2) is 17.6 Å². The second-order valence-electron chi connectivity index (χ2n) is 10.9. The van der Waals surface area contributed by atoms with Crippen LogP contribution in [0.1, 0.15) is 57.6 Å². The van der Waals surface area contributed by atoms with Crippen LogP contribution in [-0.4, -0.2) is 60.4 Å². The average molecular weight is 614 g/mol. The summed E-state index contributed by atoms with van der Waals surface area (Å²) < 4.78 is 82.7. The first-order chi connectivity index (χ1) is 19.4. The Labute approximate surface area is 240 Å². The second kappa shape index (κ2) is 11.0. The number of nitrogens with one attached hydrogen (secondary N) is 1. The number of sulfonamides is 1. The fourth-order valence-electron chi connectivity index (χ4n) is 5.29. The molecule has 14 heteroatoms. The van der Waals surface area contributed by atoms with Gasteiger partial charge in [0.05, 0.1) is 16.6 Å². The second-order valence-corrected chi connectivity index (χ2v) is 12.7. The number of anilines is 1. The van der Waals surface area contributed by atoms with Crippen molar-refractivity contribution in [1.29, 1.82) is 0 Å². The lowest BCUT2D eigenvalue weighted by Crippen LogP contribution is -2.46. The number of amides is 3. The maximum absolute atomic E-state index is 13.8. The summed E-state index contributed by atoms with van der Waals surface area (Å²) >= 11 is 0. The average Bonchev–Trinajstić information content (AvgIpc) is 3.13. The Balaban J connectivity index is 1.65. The third-order valence-corrected chi connectivity index (χ3v) is 9.79. The van der Waals surface area contributed by atoms with Gasteiger partial charge in [-0.05, 0) is 81.5 Å². The van der Waals surface area contributed by atoms with Gasteiger partial charge in [0.1, 0.15) is 17.1 Å². The zero-order valence-corrected chi connectivity index (χ0v) is 24.0. The Morgan fingerprint density at radius 2 is 1.79 bits per heavy atom. The molecule has 0 aromatic heterocycles. The first-order valence-electron chi connectivity index (χ1n) is 13.3. The Hall–Kier alpha value is -3.52. The van der Waals surface area contributed by atoms with E-state index in [4.69, 9.17) is 0 Å². The topological polar surface area (TPSA) is 124 Å². The van der Waals surface area contributed by atoms with Gasteiger partial charge >= 0.3 is 12.2 Å². The Bertz CT molecular complexity index is 1510. The van der Waals surface area contributed by atoms with Gasteiger partial charge in [0.2, 0.25) is 0 Å². The van der Waals surface area contributed by atoms with Crippen molar-refractivity contribution in [1.82, 2.24) is 10.2 Å². The molecule has 0 bridgehead atoms. The van der Waals surface area contributed by atoms with E-state index in [1.807, 2.05) is 0 Å². The molecule has 2 heterocycles. The minimum atomic E-state index is -4.99. The fourth-order valence-corrected chi connectivity index (χ4v) is 7.01. The van der Waals surface area contributed by atoms with Crippen LogP contribution in [0.2, 0.25) is 0 Å². The molecule has 2 aromatic rings.